The average Bonchev–Trinajstić information content (AvgIpc) is 3.11. The molecule has 0 saturated carbocycles. The van der Waals surface area contributed by atoms with Crippen LogP contribution in [0.1, 0.15) is 47.9 Å². The summed E-state index contributed by atoms with van der Waals surface area (Å²) >= 11 is 0. The predicted molar refractivity (Wildman–Crippen MR) is 136 cm³/mol. The van der Waals surface area contributed by atoms with E-state index in [0.29, 0.717) is 34.9 Å². The van der Waals surface area contributed by atoms with Gasteiger partial charge in [-0.25, -0.2) is 4.98 Å². The van der Waals surface area contributed by atoms with Crippen LogP contribution in [-0.4, -0.2) is 47.4 Å². The lowest BCUT2D eigenvalue weighted by Gasteiger charge is -2.28. The van der Waals surface area contributed by atoms with Crippen molar-refractivity contribution < 1.29 is 23.9 Å². The highest BCUT2D eigenvalue weighted by Crippen LogP contribution is 2.34. The Morgan fingerprint density at radius 3 is 2.25 bits per heavy atom. The smallest absolute Gasteiger partial charge is 0.261 e. The van der Waals surface area contributed by atoms with Crippen LogP contribution in [0.15, 0.2) is 60.8 Å². The number of anilines is 1. The highest BCUT2D eigenvalue weighted by atomic mass is 16.5. The van der Waals surface area contributed by atoms with E-state index in [1.165, 1.54) is 11.8 Å². The Kier molecular flexibility index (Phi) is 7.33. The van der Waals surface area contributed by atoms with E-state index in [1.54, 1.807) is 49.7 Å². The number of hydrogen-bond donors (Lipinski definition) is 1. The number of hydrogen-bond acceptors (Lipinski definition) is 6. The number of nitrogens with zero attached hydrogens (tertiary/aromatic N) is 2. The highest BCUT2D eigenvalue weighted by Gasteiger charge is 2.40. The summed E-state index contributed by atoms with van der Waals surface area (Å²) in [5.74, 6) is 0.932. The van der Waals surface area contributed by atoms with Gasteiger partial charge in [0.1, 0.15) is 12.4 Å². The maximum atomic E-state index is 13.1. The molecule has 8 heteroatoms. The molecular weight excluding hydrogens is 458 g/mol. The van der Waals surface area contributed by atoms with Crippen molar-refractivity contribution in [1.29, 1.82) is 0 Å². The second kappa shape index (κ2) is 10.6. The van der Waals surface area contributed by atoms with E-state index < -0.39 is 6.04 Å². The summed E-state index contributed by atoms with van der Waals surface area (Å²) in [5.41, 5.74) is 2.55. The van der Waals surface area contributed by atoms with Gasteiger partial charge in [-0.1, -0.05) is 32.0 Å². The Bertz CT molecular complexity index is 1270. The van der Waals surface area contributed by atoms with Gasteiger partial charge in [0.25, 0.3) is 11.8 Å². The Balaban J connectivity index is 1.55. The third kappa shape index (κ3) is 5.22. The standard InChI is InChI=1S/C28H29N3O5/c1-17(2)13-21(31-27(33)22-7-5-6-8-23(22)28(31)34)16-36-24-10-9-19(14-25(24)35-4)20-11-12-29-26(15-20)30-18(3)32/h5-12,14-15,17,21H,13,16H2,1-4H3,(H,29,30,32). The molecule has 0 spiro atoms. The molecule has 1 N–H and O–H groups in total. The number of carbonyl (C=O) groups is 3. The number of methoxy groups -OCH3 is 1. The van der Waals surface area contributed by atoms with E-state index in [-0.39, 0.29) is 30.2 Å². The van der Waals surface area contributed by atoms with Crippen molar-refractivity contribution in [2.45, 2.75) is 33.2 Å². The van der Waals surface area contributed by atoms with Gasteiger partial charge >= 0.3 is 0 Å². The first-order valence-electron chi connectivity index (χ1n) is 11.8. The predicted octanol–water partition coefficient (Wildman–Crippen LogP) is 4.81. The molecule has 3 aromatic rings. The van der Waals surface area contributed by atoms with Gasteiger partial charge in [-0.3, -0.25) is 19.3 Å². The van der Waals surface area contributed by atoms with Crippen LogP contribution < -0.4 is 14.8 Å². The van der Waals surface area contributed by atoms with Gasteiger partial charge in [-0.15, -0.1) is 0 Å². The number of nitrogens with one attached hydrogen (secondary N) is 1. The van der Waals surface area contributed by atoms with Crippen LogP contribution >= 0.6 is 0 Å². The van der Waals surface area contributed by atoms with Crippen molar-refractivity contribution in [2.24, 2.45) is 5.92 Å². The first-order valence-corrected chi connectivity index (χ1v) is 11.8. The number of aromatic nitrogens is 1. The van der Waals surface area contributed by atoms with Gasteiger partial charge in [0.2, 0.25) is 5.91 Å². The number of rotatable bonds is 9. The van der Waals surface area contributed by atoms with Crippen LogP contribution in [0.3, 0.4) is 0 Å². The van der Waals surface area contributed by atoms with Crippen molar-refractivity contribution in [3.8, 4) is 22.6 Å². The van der Waals surface area contributed by atoms with E-state index in [4.69, 9.17) is 9.47 Å². The number of fused-ring (bicyclic) bond motifs is 1. The summed E-state index contributed by atoms with van der Waals surface area (Å²) in [7, 11) is 1.55. The van der Waals surface area contributed by atoms with Crippen LogP contribution in [0.5, 0.6) is 11.5 Å². The first-order chi connectivity index (χ1) is 17.3. The summed E-state index contributed by atoms with van der Waals surface area (Å²) in [6, 6.07) is 15.6. The second-order valence-corrected chi connectivity index (χ2v) is 9.10. The fourth-order valence-electron chi connectivity index (χ4n) is 4.34. The fraction of sp³-hybridized carbons (Fsp3) is 0.286. The maximum Gasteiger partial charge on any atom is 0.261 e. The number of benzene rings is 2. The van der Waals surface area contributed by atoms with Crippen LogP contribution in [-0.2, 0) is 4.79 Å². The third-order valence-corrected chi connectivity index (χ3v) is 5.93. The van der Waals surface area contributed by atoms with Crippen molar-refractivity contribution in [3.05, 3.63) is 71.9 Å². The molecule has 0 radical (unpaired) electrons. The molecule has 1 aliphatic rings. The fourth-order valence-corrected chi connectivity index (χ4v) is 4.34. The Morgan fingerprint density at radius 2 is 1.64 bits per heavy atom. The number of carbonyl (C=O) groups excluding carboxylic acids is 3. The SMILES string of the molecule is COc1cc(-c2ccnc(NC(C)=O)c2)ccc1OCC(CC(C)C)N1C(=O)c2ccccc2C1=O. The minimum Gasteiger partial charge on any atom is -0.493 e. The molecule has 3 amide bonds. The van der Waals surface area contributed by atoms with Gasteiger partial charge in [0.15, 0.2) is 11.5 Å². The van der Waals surface area contributed by atoms with E-state index >= 15 is 0 Å². The van der Waals surface area contributed by atoms with Gasteiger partial charge in [-0.05, 0) is 59.9 Å². The van der Waals surface area contributed by atoms with Crippen molar-refractivity contribution in [3.63, 3.8) is 0 Å². The van der Waals surface area contributed by atoms with Crippen molar-refractivity contribution in [2.75, 3.05) is 19.0 Å². The normalized spacial score (nSPS) is 13.5. The summed E-state index contributed by atoms with van der Waals surface area (Å²) in [6.45, 7) is 5.66. The van der Waals surface area contributed by atoms with Gasteiger partial charge in [0.05, 0.1) is 24.3 Å². The maximum absolute atomic E-state index is 13.1. The zero-order valence-electron chi connectivity index (χ0n) is 20.8. The monoisotopic (exact) mass is 487 g/mol. The molecule has 0 bridgehead atoms. The molecule has 4 rings (SSSR count). The highest BCUT2D eigenvalue weighted by molar-refractivity contribution is 6.21. The Labute approximate surface area is 210 Å². The topological polar surface area (TPSA) is 97.8 Å². The van der Waals surface area contributed by atoms with Crippen LogP contribution in [0.25, 0.3) is 11.1 Å². The molecular formula is C28H29N3O5. The van der Waals surface area contributed by atoms with E-state index in [9.17, 15) is 14.4 Å². The molecule has 36 heavy (non-hydrogen) atoms. The molecule has 0 aliphatic carbocycles. The summed E-state index contributed by atoms with van der Waals surface area (Å²) < 4.78 is 11.7. The average molecular weight is 488 g/mol. The lowest BCUT2D eigenvalue weighted by atomic mass is 10.0. The molecule has 0 fully saturated rings. The van der Waals surface area contributed by atoms with Gasteiger partial charge < -0.3 is 14.8 Å². The number of imide groups is 1. The van der Waals surface area contributed by atoms with E-state index in [1.807, 2.05) is 32.0 Å². The van der Waals surface area contributed by atoms with Crippen LogP contribution in [0.4, 0.5) is 5.82 Å². The number of pyridine rings is 1. The molecule has 186 valence electrons. The molecule has 2 aromatic carbocycles. The molecule has 1 atom stereocenters. The van der Waals surface area contributed by atoms with E-state index in [0.717, 1.165) is 11.1 Å². The van der Waals surface area contributed by atoms with Crippen molar-refractivity contribution >= 4 is 23.5 Å². The third-order valence-electron chi connectivity index (χ3n) is 5.93. The van der Waals surface area contributed by atoms with Crippen LogP contribution in [0.2, 0.25) is 0 Å². The lowest BCUT2D eigenvalue weighted by Crippen LogP contribution is -2.44. The van der Waals surface area contributed by atoms with Gasteiger partial charge in [-0.2, -0.15) is 0 Å². The van der Waals surface area contributed by atoms with E-state index in [2.05, 4.69) is 10.3 Å². The quantitative estimate of drug-likeness (QED) is 0.435. The molecule has 2 heterocycles. The molecule has 0 saturated heterocycles. The molecule has 1 aromatic heterocycles. The zero-order valence-corrected chi connectivity index (χ0v) is 20.8. The molecule has 1 unspecified atom stereocenters. The van der Waals surface area contributed by atoms with Crippen LogP contribution in [0, 0.1) is 5.92 Å². The number of amides is 3. The molecule has 1 aliphatic heterocycles. The zero-order chi connectivity index (χ0) is 25.8. The van der Waals surface area contributed by atoms with Crippen molar-refractivity contribution in [1.82, 2.24) is 9.88 Å². The Hall–Kier alpha value is -4.20. The number of ether oxygens (including phenoxy) is 2. The first kappa shape index (κ1) is 24.9. The summed E-state index contributed by atoms with van der Waals surface area (Å²) in [6.07, 6.45) is 2.23. The minimum atomic E-state index is -0.429. The minimum absolute atomic E-state index is 0.140. The summed E-state index contributed by atoms with van der Waals surface area (Å²) in [4.78, 5) is 43.0. The second-order valence-electron chi connectivity index (χ2n) is 9.10. The largest absolute Gasteiger partial charge is 0.493 e. The van der Waals surface area contributed by atoms with Gasteiger partial charge in [0, 0.05) is 13.1 Å². The Morgan fingerprint density at radius 1 is 0.972 bits per heavy atom. The lowest BCUT2D eigenvalue weighted by molar-refractivity contribution is -0.114. The molecule has 8 nitrogen and oxygen atoms in total. The summed E-state index contributed by atoms with van der Waals surface area (Å²) in [5, 5.41) is 2.68.